The van der Waals surface area contributed by atoms with Gasteiger partial charge in [-0.05, 0) is 38.0 Å². The molecule has 146 valence electrons. The van der Waals surface area contributed by atoms with Gasteiger partial charge in [-0.2, -0.15) is 0 Å². The molecule has 1 atom stereocenters. The zero-order valence-corrected chi connectivity index (χ0v) is 15.8. The highest BCUT2D eigenvalue weighted by Crippen LogP contribution is 2.32. The molecule has 1 unspecified atom stereocenters. The Morgan fingerprint density at radius 1 is 1.07 bits per heavy atom. The van der Waals surface area contributed by atoms with Crippen molar-refractivity contribution in [1.82, 2.24) is 4.98 Å². The number of para-hydroxylation sites is 1. The third kappa shape index (κ3) is 4.88. The zero-order valence-electron chi connectivity index (χ0n) is 15.8. The van der Waals surface area contributed by atoms with E-state index >= 15 is 0 Å². The highest BCUT2D eigenvalue weighted by atomic mass is 19.3. The van der Waals surface area contributed by atoms with Crippen LogP contribution >= 0.6 is 0 Å². The van der Waals surface area contributed by atoms with Gasteiger partial charge in [0, 0.05) is 23.6 Å². The smallest absolute Gasteiger partial charge is 0.247 e. The van der Waals surface area contributed by atoms with Gasteiger partial charge in [-0.15, -0.1) is 0 Å². The monoisotopic (exact) mass is 385 g/mol. The van der Waals surface area contributed by atoms with Gasteiger partial charge in [-0.25, -0.2) is 13.2 Å². The number of halogens is 3. The third-order valence-corrected chi connectivity index (χ3v) is 4.47. The minimum absolute atomic E-state index is 0.0985. The van der Waals surface area contributed by atoms with Crippen LogP contribution in [0, 0.1) is 5.82 Å². The van der Waals surface area contributed by atoms with Crippen molar-refractivity contribution >= 4 is 16.7 Å². The van der Waals surface area contributed by atoms with Crippen LogP contribution in [-0.4, -0.2) is 22.3 Å². The number of benzene rings is 2. The van der Waals surface area contributed by atoms with Crippen LogP contribution in [0.5, 0.6) is 0 Å². The van der Waals surface area contributed by atoms with Crippen LogP contribution in [0.1, 0.15) is 31.4 Å². The molecule has 0 bridgehead atoms. The molecule has 0 amide bonds. The fourth-order valence-electron chi connectivity index (χ4n) is 3.46. The lowest BCUT2D eigenvalue weighted by molar-refractivity contribution is -0.00627. The van der Waals surface area contributed by atoms with E-state index in [2.05, 4.69) is 9.98 Å². The molecule has 0 aliphatic heterocycles. The number of aliphatic imine (C=N–C) groups is 1. The lowest BCUT2D eigenvalue weighted by Crippen LogP contribution is -2.35. The maximum absolute atomic E-state index is 13.9. The standard InChI is InChI=1S/C22H22F3N3/c1-21(14-22(2,24)25,12-15-7-4-3-5-8-15)28-20(26)17-11-16-9-6-10-18(23)19(16)27-13-17/h3-11,13H,12,14H2,1-2H3,(H2,26,28). The van der Waals surface area contributed by atoms with Crippen molar-refractivity contribution in [2.24, 2.45) is 10.7 Å². The molecular formula is C22H22F3N3. The lowest BCUT2D eigenvalue weighted by atomic mass is 9.87. The van der Waals surface area contributed by atoms with Gasteiger partial charge in [0.05, 0.1) is 5.54 Å². The Hall–Kier alpha value is -2.89. The fourth-order valence-corrected chi connectivity index (χ4v) is 3.46. The number of aromatic nitrogens is 1. The molecule has 0 aliphatic carbocycles. The first-order valence-electron chi connectivity index (χ1n) is 8.97. The Kier molecular flexibility index (Phi) is 5.40. The van der Waals surface area contributed by atoms with Gasteiger partial charge in [0.2, 0.25) is 5.92 Å². The first-order chi connectivity index (χ1) is 13.2. The van der Waals surface area contributed by atoms with Crippen LogP contribution in [0.3, 0.4) is 0 Å². The summed E-state index contributed by atoms with van der Waals surface area (Å²) >= 11 is 0. The number of hydrogen-bond donors (Lipinski definition) is 1. The molecule has 2 aromatic carbocycles. The highest BCUT2D eigenvalue weighted by molar-refractivity contribution is 6.00. The van der Waals surface area contributed by atoms with Crippen molar-refractivity contribution in [2.75, 3.05) is 0 Å². The Balaban J connectivity index is 1.99. The van der Waals surface area contributed by atoms with Crippen molar-refractivity contribution in [3.63, 3.8) is 0 Å². The fraction of sp³-hybridized carbons (Fsp3) is 0.273. The van der Waals surface area contributed by atoms with Crippen LogP contribution in [-0.2, 0) is 6.42 Å². The van der Waals surface area contributed by atoms with Crippen LogP contribution in [0.2, 0.25) is 0 Å². The maximum atomic E-state index is 13.9. The van der Waals surface area contributed by atoms with Crippen molar-refractivity contribution in [3.8, 4) is 0 Å². The third-order valence-electron chi connectivity index (χ3n) is 4.47. The summed E-state index contributed by atoms with van der Waals surface area (Å²) in [7, 11) is 0. The number of fused-ring (bicyclic) bond motifs is 1. The molecule has 0 fully saturated rings. The Morgan fingerprint density at radius 2 is 1.79 bits per heavy atom. The minimum Gasteiger partial charge on any atom is -0.383 e. The van der Waals surface area contributed by atoms with Gasteiger partial charge < -0.3 is 5.73 Å². The molecule has 0 saturated heterocycles. The van der Waals surface area contributed by atoms with E-state index in [1.165, 1.54) is 12.3 Å². The zero-order chi connectivity index (χ0) is 20.4. The number of hydrogen-bond acceptors (Lipinski definition) is 2. The molecule has 0 saturated carbocycles. The first-order valence-corrected chi connectivity index (χ1v) is 8.97. The van der Waals surface area contributed by atoms with Crippen molar-refractivity contribution in [1.29, 1.82) is 0 Å². The molecule has 0 spiro atoms. The van der Waals surface area contributed by atoms with E-state index in [1.807, 2.05) is 30.3 Å². The van der Waals surface area contributed by atoms with Gasteiger partial charge in [0.15, 0.2) is 0 Å². The molecule has 1 heterocycles. The summed E-state index contributed by atoms with van der Waals surface area (Å²) in [5, 5.41) is 0.571. The summed E-state index contributed by atoms with van der Waals surface area (Å²) < 4.78 is 41.5. The lowest BCUT2D eigenvalue weighted by Gasteiger charge is -2.29. The van der Waals surface area contributed by atoms with E-state index < -0.39 is 23.7 Å². The quantitative estimate of drug-likeness (QED) is 0.473. The molecule has 3 rings (SSSR count). The summed E-state index contributed by atoms with van der Waals surface area (Å²) in [6, 6.07) is 15.6. The molecule has 1 aromatic heterocycles. The number of alkyl halides is 2. The molecule has 3 nitrogen and oxygen atoms in total. The van der Waals surface area contributed by atoms with Gasteiger partial charge in [0.1, 0.15) is 17.2 Å². The summed E-state index contributed by atoms with van der Waals surface area (Å²) in [5.41, 5.74) is 6.63. The largest absolute Gasteiger partial charge is 0.383 e. The van der Waals surface area contributed by atoms with Gasteiger partial charge in [-0.1, -0.05) is 42.5 Å². The average Bonchev–Trinajstić information content (AvgIpc) is 2.60. The summed E-state index contributed by atoms with van der Waals surface area (Å²) in [5.74, 6) is -3.24. The maximum Gasteiger partial charge on any atom is 0.247 e. The topological polar surface area (TPSA) is 51.3 Å². The number of pyridine rings is 1. The second-order valence-corrected chi connectivity index (χ2v) is 7.44. The number of amidine groups is 1. The van der Waals surface area contributed by atoms with Crippen molar-refractivity contribution in [2.45, 2.75) is 38.2 Å². The predicted octanol–water partition coefficient (Wildman–Crippen LogP) is 5.13. The molecule has 0 radical (unpaired) electrons. The van der Waals surface area contributed by atoms with Crippen LogP contribution in [0.25, 0.3) is 10.9 Å². The van der Waals surface area contributed by atoms with E-state index in [0.717, 1.165) is 12.5 Å². The molecule has 3 aromatic rings. The minimum atomic E-state index is -2.90. The molecule has 0 aliphatic rings. The molecule has 2 N–H and O–H groups in total. The van der Waals surface area contributed by atoms with E-state index in [4.69, 9.17) is 5.73 Å². The number of nitrogens with two attached hydrogens (primary N) is 1. The first kappa shape index (κ1) is 19.9. The molecule has 28 heavy (non-hydrogen) atoms. The van der Waals surface area contributed by atoms with E-state index in [0.29, 0.717) is 17.4 Å². The number of rotatable bonds is 6. The van der Waals surface area contributed by atoms with Gasteiger partial charge in [0.25, 0.3) is 0 Å². The van der Waals surface area contributed by atoms with Crippen molar-refractivity contribution in [3.05, 3.63) is 77.7 Å². The SMILES string of the molecule is CC(F)(F)CC(C)(Cc1ccccc1)N=C(N)c1cnc2c(F)cccc2c1. The summed E-state index contributed by atoms with van der Waals surface area (Å²) in [6.07, 6.45) is 1.27. The van der Waals surface area contributed by atoms with E-state index in [9.17, 15) is 13.2 Å². The average molecular weight is 385 g/mol. The number of nitrogens with zero attached hydrogens (tertiary/aromatic N) is 2. The summed E-state index contributed by atoms with van der Waals surface area (Å²) in [4.78, 5) is 8.58. The Labute approximate surface area is 162 Å². The predicted molar refractivity (Wildman–Crippen MR) is 106 cm³/mol. The summed E-state index contributed by atoms with van der Waals surface area (Å²) in [6.45, 7) is 2.54. The highest BCUT2D eigenvalue weighted by Gasteiger charge is 2.36. The second-order valence-electron chi connectivity index (χ2n) is 7.44. The Morgan fingerprint density at radius 3 is 2.46 bits per heavy atom. The van der Waals surface area contributed by atoms with E-state index in [-0.39, 0.29) is 11.4 Å². The molecular weight excluding hydrogens is 363 g/mol. The van der Waals surface area contributed by atoms with Crippen LogP contribution in [0.15, 0.2) is 65.8 Å². The van der Waals surface area contributed by atoms with E-state index in [1.54, 1.807) is 25.1 Å². The van der Waals surface area contributed by atoms with Crippen LogP contribution < -0.4 is 5.73 Å². The van der Waals surface area contributed by atoms with Gasteiger partial charge in [-0.3, -0.25) is 9.98 Å². The Bertz CT molecular complexity index is 997. The molecule has 6 heteroatoms. The van der Waals surface area contributed by atoms with Crippen molar-refractivity contribution < 1.29 is 13.2 Å². The van der Waals surface area contributed by atoms with Crippen LogP contribution in [0.4, 0.5) is 13.2 Å². The second kappa shape index (κ2) is 7.62. The van der Waals surface area contributed by atoms with Gasteiger partial charge >= 0.3 is 0 Å². The normalized spacial score (nSPS) is 14.8.